The maximum absolute atomic E-state index is 13.0. The molecule has 0 saturated heterocycles. The monoisotopic (exact) mass is 424 g/mol. The zero-order valence-corrected chi connectivity index (χ0v) is 18.3. The summed E-state index contributed by atoms with van der Waals surface area (Å²) in [5.41, 5.74) is 5.81. The molecular weight excluding hydrogens is 402 g/mol. The summed E-state index contributed by atoms with van der Waals surface area (Å²) in [5, 5.41) is 1.71. The van der Waals surface area contributed by atoms with E-state index in [1.165, 1.54) is 15.8 Å². The van der Waals surface area contributed by atoms with Crippen molar-refractivity contribution in [2.24, 2.45) is 0 Å². The average Bonchev–Trinajstić information content (AvgIpc) is 3.13. The molecule has 5 aromatic rings. The Morgan fingerprint density at radius 3 is 2.52 bits per heavy atom. The topological polar surface area (TPSA) is 34.1 Å². The molecule has 2 aromatic heterocycles. The van der Waals surface area contributed by atoms with E-state index < -0.39 is 0 Å². The number of nitrogens with zero attached hydrogens (tertiary/aromatic N) is 1. The van der Waals surface area contributed by atoms with Gasteiger partial charge in [0.2, 0.25) is 5.52 Å². The average molecular weight is 425 g/mol. The lowest BCUT2D eigenvalue weighted by atomic mass is 10.1. The van der Waals surface area contributed by atoms with Crippen LogP contribution in [0, 0.1) is 13.8 Å². The second-order valence-electron chi connectivity index (χ2n) is 7.77. The molecule has 0 N–H and O–H groups in total. The SMILES string of the molecule is Cc1cc2occ(/C=C/c3sc4ccccc4[n+]3Cc3ccccc3)c(=O)c2cc1C. The van der Waals surface area contributed by atoms with E-state index in [0.717, 1.165) is 22.7 Å². The Balaban J connectivity index is 1.59. The van der Waals surface area contributed by atoms with Gasteiger partial charge in [-0.2, -0.15) is 4.57 Å². The molecule has 31 heavy (non-hydrogen) atoms. The Morgan fingerprint density at radius 1 is 0.935 bits per heavy atom. The lowest BCUT2D eigenvalue weighted by Gasteiger charge is -2.03. The summed E-state index contributed by atoms with van der Waals surface area (Å²) in [6, 6.07) is 22.7. The summed E-state index contributed by atoms with van der Waals surface area (Å²) in [6.45, 7) is 4.81. The first kappa shape index (κ1) is 19.5. The minimum atomic E-state index is -0.00341. The third kappa shape index (κ3) is 3.71. The van der Waals surface area contributed by atoms with Gasteiger partial charge >= 0.3 is 0 Å². The van der Waals surface area contributed by atoms with Crippen LogP contribution >= 0.6 is 11.3 Å². The van der Waals surface area contributed by atoms with Gasteiger partial charge < -0.3 is 4.42 Å². The standard InChI is InChI=1S/C27H22NO2S/c1-18-14-22-24(15-19(18)2)30-17-21(27(22)29)12-13-26-28(16-20-8-4-3-5-9-20)23-10-6-7-11-25(23)31-26/h3-15,17H,16H2,1-2H3/q+1/b13-12+. The van der Waals surface area contributed by atoms with Crippen LogP contribution in [-0.4, -0.2) is 0 Å². The smallest absolute Gasteiger partial charge is 0.263 e. The van der Waals surface area contributed by atoms with Gasteiger partial charge in [-0.15, -0.1) is 0 Å². The summed E-state index contributed by atoms with van der Waals surface area (Å²) >= 11 is 1.72. The second kappa shape index (κ2) is 7.97. The van der Waals surface area contributed by atoms with E-state index >= 15 is 0 Å². The van der Waals surface area contributed by atoms with Crippen molar-refractivity contribution in [3.63, 3.8) is 0 Å². The lowest BCUT2D eigenvalue weighted by molar-refractivity contribution is -0.659. The lowest BCUT2D eigenvalue weighted by Crippen LogP contribution is -2.35. The fraction of sp³-hybridized carbons (Fsp3) is 0.111. The Kier molecular flexibility index (Phi) is 5.00. The fourth-order valence-electron chi connectivity index (χ4n) is 3.78. The summed E-state index contributed by atoms with van der Waals surface area (Å²) in [4.78, 5) is 13.0. The van der Waals surface area contributed by atoms with Gasteiger partial charge in [-0.3, -0.25) is 4.79 Å². The Hall–Kier alpha value is -3.50. The second-order valence-corrected chi connectivity index (χ2v) is 8.83. The highest BCUT2D eigenvalue weighted by Crippen LogP contribution is 2.23. The van der Waals surface area contributed by atoms with E-state index in [-0.39, 0.29) is 5.43 Å². The van der Waals surface area contributed by atoms with Crippen LogP contribution in [-0.2, 0) is 6.54 Å². The number of aryl methyl sites for hydroxylation is 2. The molecule has 2 heterocycles. The first-order chi connectivity index (χ1) is 15.1. The predicted molar refractivity (Wildman–Crippen MR) is 128 cm³/mol. The van der Waals surface area contributed by atoms with Gasteiger partial charge in [0.15, 0.2) is 12.0 Å². The normalized spacial score (nSPS) is 11.7. The molecule has 3 aromatic carbocycles. The molecule has 0 aliphatic carbocycles. The molecule has 0 saturated carbocycles. The molecule has 0 unspecified atom stereocenters. The molecule has 4 heteroatoms. The van der Waals surface area contributed by atoms with Crippen LogP contribution in [0.1, 0.15) is 27.3 Å². The maximum atomic E-state index is 13.0. The van der Waals surface area contributed by atoms with E-state index in [9.17, 15) is 4.79 Å². The van der Waals surface area contributed by atoms with Crippen molar-refractivity contribution in [1.29, 1.82) is 0 Å². The van der Waals surface area contributed by atoms with Crippen molar-refractivity contribution in [2.45, 2.75) is 20.4 Å². The summed E-state index contributed by atoms with van der Waals surface area (Å²) in [6.07, 6.45) is 5.45. The van der Waals surface area contributed by atoms with Gasteiger partial charge in [-0.25, -0.2) is 0 Å². The minimum absolute atomic E-state index is 0.00341. The molecule has 0 fully saturated rings. The molecule has 5 rings (SSSR count). The molecule has 0 bridgehead atoms. The van der Waals surface area contributed by atoms with Crippen molar-refractivity contribution in [2.75, 3.05) is 0 Å². The molecule has 3 nitrogen and oxygen atoms in total. The number of rotatable bonds is 4. The highest BCUT2D eigenvalue weighted by atomic mass is 32.1. The van der Waals surface area contributed by atoms with Crippen molar-refractivity contribution in [1.82, 2.24) is 0 Å². The van der Waals surface area contributed by atoms with E-state index in [0.29, 0.717) is 16.5 Å². The van der Waals surface area contributed by atoms with Crippen molar-refractivity contribution in [3.05, 3.63) is 110 Å². The third-order valence-corrected chi connectivity index (χ3v) is 6.77. The van der Waals surface area contributed by atoms with Crippen LogP contribution in [0.25, 0.3) is 33.3 Å². The maximum Gasteiger partial charge on any atom is 0.263 e. The molecule has 152 valence electrons. The Bertz CT molecular complexity index is 1490. The number of para-hydroxylation sites is 1. The number of aromatic nitrogens is 1. The largest absolute Gasteiger partial charge is 0.463 e. The first-order valence-corrected chi connectivity index (χ1v) is 11.1. The quantitative estimate of drug-likeness (QED) is 0.325. The molecule has 0 spiro atoms. The zero-order valence-electron chi connectivity index (χ0n) is 17.5. The molecule has 0 radical (unpaired) electrons. The molecular formula is C27H22NO2S+. The number of benzene rings is 3. The van der Waals surface area contributed by atoms with Crippen LogP contribution < -0.4 is 10.00 Å². The van der Waals surface area contributed by atoms with Crippen LogP contribution in [0.15, 0.2) is 82.2 Å². The summed E-state index contributed by atoms with van der Waals surface area (Å²) < 4.78 is 9.29. The summed E-state index contributed by atoms with van der Waals surface area (Å²) in [7, 11) is 0. The number of hydrogen-bond donors (Lipinski definition) is 0. The van der Waals surface area contributed by atoms with E-state index in [4.69, 9.17) is 4.42 Å². The summed E-state index contributed by atoms with van der Waals surface area (Å²) in [5.74, 6) is 0. The Labute approximate surface area is 184 Å². The van der Waals surface area contributed by atoms with Crippen LogP contribution in [0.3, 0.4) is 0 Å². The van der Waals surface area contributed by atoms with Crippen LogP contribution in [0.5, 0.6) is 0 Å². The van der Waals surface area contributed by atoms with Crippen molar-refractivity contribution >= 4 is 44.7 Å². The number of fused-ring (bicyclic) bond motifs is 2. The van der Waals surface area contributed by atoms with Gasteiger partial charge in [0.05, 0.1) is 10.9 Å². The van der Waals surface area contributed by atoms with E-state index in [1.54, 1.807) is 17.6 Å². The highest BCUT2D eigenvalue weighted by Gasteiger charge is 2.19. The van der Waals surface area contributed by atoms with E-state index in [1.807, 2.05) is 44.2 Å². The van der Waals surface area contributed by atoms with Crippen molar-refractivity contribution in [3.8, 4) is 0 Å². The number of hydrogen-bond acceptors (Lipinski definition) is 3. The van der Waals surface area contributed by atoms with Gasteiger partial charge in [0.1, 0.15) is 16.5 Å². The fourth-order valence-corrected chi connectivity index (χ4v) is 4.85. The highest BCUT2D eigenvalue weighted by molar-refractivity contribution is 7.18. The van der Waals surface area contributed by atoms with Gasteiger partial charge in [0.25, 0.3) is 5.01 Å². The van der Waals surface area contributed by atoms with Gasteiger partial charge in [-0.05, 0) is 49.2 Å². The minimum Gasteiger partial charge on any atom is -0.463 e. The van der Waals surface area contributed by atoms with Gasteiger partial charge in [-0.1, -0.05) is 53.8 Å². The number of thiazole rings is 1. The van der Waals surface area contributed by atoms with Crippen LogP contribution in [0.4, 0.5) is 0 Å². The van der Waals surface area contributed by atoms with E-state index in [2.05, 4.69) is 53.1 Å². The predicted octanol–water partition coefficient (Wildman–Crippen LogP) is 6.13. The van der Waals surface area contributed by atoms with Crippen LogP contribution in [0.2, 0.25) is 0 Å². The molecule has 0 atom stereocenters. The third-order valence-electron chi connectivity index (χ3n) is 5.64. The van der Waals surface area contributed by atoms with Gasteiger partial charge in [0, 0.05) is 17.7 Å². The van der Waals surface area contributed by atoms with Crippen molar-refractivity contribution < 1.29 is 8.98 Å². The zero-order chi connectivity index (χ0) is 21.4. The molecule has 0 aliphatic rings. The Morgan fingerprint density at radius 2 is 1.68 bits per heavy atom. The molecule has 0 aliphatic heterocycles. The first-order valence-electron chi connectivity index (χ1n) is 10.3. The molecule has 0 amide bonds.